The Kier molecular flexibility index (Phi) is 13.7. The first kappa shape index (κ1) is 22.5. The Morgan fingerprint density at radius 3 is 2.04 bits per heavy atom. The Hall–Kier alpha value is -0.460. The highest BCUT2D eigenvalue weighted by atomic mass is 31.2. The number of rotatable bonds is 15. The minimum Gasteiger partial charge on any atom is -0.790 e. The Balaban J connectivity index is 3.41. The summed E-state index contributed by atoms with van der Waals surface area (Å²) in [5.74, 6) is -0.445. The van der Waals surface area contributed by atoms with Crippen LogP contribution >= 0.6 is 7.82 Å². The molecule has 7 nitrogen and oxygen atoms in total. The Labute approximate surface area is 138 Å². The zero-order valence-electron chi connectivity index (χ0n) is 13.9. The van der Waals surface area contributed by atoms with Gasteiger partial charge in [-0.25, -0.2) is 0 Å². The second kappa shape index (κ2) is 13.9. The molecule has 0 amide bonds. The fraction of sp³-hybridized carbons (Fsp3) is 0.933. The summed E-state index contributed by atoms with van der Waals surface area (Å²) in [4.78, 5) is 31.8. The van der Waals surface area contributed by atoms with Crippen molar-refractivity contribution in [2.24, 2.45) is 0 Å². The first-order chi connectivity index (χ1) is 10.8. The van der Waals surface area contributed by atoms with Crippen molar-refractivity contribution in [3.8, 4) is 0 Å². The molecule has 0 aliphatic rings. The SMILES string of the molecule is CCCCCCCCCCCC(=O)OC[C@@H](O)COP(=O)([O-])[O-]. The molecule has 0 aromatic heterocycles. The van der Waals surface area contributed by atoms with E-state index >= 15 is 0 Å². The van der Waals surface area contributed by atoms with Gasteiger partial charge in [-0.3, -0.25) is 4.79 Å². The number of esters is 1. The first-order valence-electron chi connectivity index (χ1n) is 8.35. The molecule has 0 fully saturated rings. The Morgan fingerprint density at radius 2 is 1.52 bits per heavy atom. The van der Waals surface area contributed by atoms with Crippen molar-refractivity contribution < 1.29 is 33.5 Å². The van der Waals surface area contributed by atoms with Crippen molar-refractivity contribution in [3.05, 3.63) is 0 Å². The van der Waals surface area contributed by atoms with E-state index in [1.807, 2.05) is 0 Å². The molecular formula is C15H29O7P-2. The molecule has 0 spiro atoms. The summed E-state index contributed by atoms with van der Waals surface area (Å²) in [6.45, 7) is 1.11. The van der Waals surface area contributed by atoms with Gasteiger partial charge in [0, 0.05) is 6.42 Å². The summed E-state index contributed by atoms with van der Waals surface area (Å²) in [7, 11) is -5.11. The molecule has 138 valence electrons. The number of ether oxygens (including phenoxy) is 1. The average molecular weight is 352 g/mol. The van der Waals surface area contributed by atoms with Gasteiger partial charge in [-0.2, -0.15) is 0 Å². The van der Waals surface area contributed by atoms with Gasteiger partial charge in [0.05, 0.1) is 14.4 Å². The third-order valence-electron chi connectivity index (χ3n) is 3.35. The summed E-state index contributed by atoms with van der Waals surface area (Å²) in [6.07, 6.45) is 9.26. The lowest BCUT2D eigenvalue weighted by Crippen LogP contribution is -2.26. The van der Waals surface area contributed by atoms with Crippen molar-refractivity contribution in [2.45, 2.75) is 77.2 Å². The number of carbonyl (C=O) groups is 1. The molecule has 1 N–H and O–H groups in total. The molecule has 0 rings (SSSR count). The van der Waals surface area contributed by atoms with Gasteiger partial charge in [0.1, 0.15) is 12.7 Å². The van der Waals surface area contributed by atoms with Crippen LogP contribution in [0.4, 0.5) is 0 Å². The molecule has 0 aliphatic heterocycles. The van der Waals surface area contributed by atoms with E-state index < -0.39 is 26.5 Å². The summed E-state index contributed by atoms with van der Waals surface area (Å²) < 4.78 is 18.9. The van der Waals surface area contributed by atoms with E-state index in [4.69, 9.17) is 4.74 Å². The number of phosphoric acid groups is 1. The maximum Gasteiger partial charge on any atom is 0.305 e. The molecule has 1 atom stereocenters. The average Bonchev–Trinajstić information content (AvgIpc) is 2.48. The molecule has 0 saturated carbocycles. The summed E-state index contributed by atoms with van der Waals surface area (Å²) in [6, 6.07) is 0. The van der Waals surface area contributed by atoms with Crippen LogP contribution < -0.4 is 9.79 Å². The minimum absolute atomic E-state index is 0.269. The van der Waals surface area contributed by atoms with Gasteiger partial charge in [-0.1, -0.05) is 58.3 Å². The lowest BCUT2D eigenvalue weighted by atomic mass is 10.1. The highest BCUT2D eigenvalue weighted by molar-refractivity contribution is 7.43. The Morgan fingerprint density at radius 1 is 1.00 bits per heavy atom. The van der Waals surface area contributed by atoms with E-state index in [-0.39, 0.29) is 13.0 Å². The molecule has 8 heteroatoms. The van der Waals surface area contributed by atoms with Crippen LogP contribution in [0.3, 0.4) is 0 Å². The van der Waals surface area contributed by atoms with Crippen LogP contribution in [0.5, 0.6) is 0 Å². The van der Waals surface area contributed by atoms with E-state index in [9.17, 15) is 24.3 Å². The van der Waals surface area contributed by atoms with Gasteiger partial charge in [0.25, 0.3) is 0 Å². The maximum atomic E-state index is 11.4. The topological polar surface area (TPSA) is 119 Å². The van der Waals surface area contributed by atoms with Crippen molar-refractivity contribution in [1.82, 2.24) is 0 Å². The van der Waals surface area contributed by atoms with E-state index in [0.717, 1.165) is 19.3 Å². The molecule has 0 bridgehead atoms. The van der Waals surface area contributed by atoms with Crippen LogP contribution in [0.2, 0.25) is 0 Å². The zero-order chi connectivity index (χ0) is 17.6. The van der Waals surface area contributed by atoms with E-state index in [2.05, 4.69) is 11.4 Å². The molecule has 23 heavy (non-hydrogen) atoms. The smallest absolute Gasteiger partial charge is 0.305 e. The van der Waals surface area contributed by atoms with Crippen molar-refractivity contribution >= 4 is 13.8 Å². The molecule has 0 aromatic rings. The Bertz CT molecular complexity index is 343. The standard InChI is InChI=1S/C15H31O7P/c1-2-3-4-5-6-7-8-9-10-11-15(17)21-12-14(16)13-22-23(18,19)20/h14,16H,2-13H2,1H3,(H2,18,19,20)/p-2/t14-/m1/s1. The third-order valence-corrected chi connectivity index (χ3v) is 3.81. The number of hydrogen-bond donors (Lipinski definition) is 1. The van der Waals surface area contributed by atoms with Crippen molar-refractivity contribution in [1.29, 1.82) is 0 Å². The van der Waals surface area contributed by atoms with Crippen molar-refractivity contribution in [3.63, 3.8) is 0 Å². The highest BCUT2D eigenvalue weighted by Gasteiger charge is 2.09. The van der Waals surface area contributed by atoms with Crippen LogP contribution in [0, 0.1) is 0 Å². The van der Waals surface area contributed by atoms with Crippen LogP contribution in [0.25, 0.3) is 0 Å². The molecule has 0 saturated heterocycles. The number of aliphatic hydroxyl groups is 1. The number of unbranched alkanes of at least 4 members (excludes halogenated alkanes) is 8. The zero-order valence-corrected chi connectivity index (χ0v) is 14.8. The van der Waals surface area contributed by atoms with E-state index in [1.165, 1.54) is 38.5 Å². The van der Waals surface area contributed by atoms with Crippen molar-refractivity contribution in [2.75, 3.05) is 13.2 Å². The van der Waals surface area contributed by atoms with Gasteiger partial charge < -0.3 is 28.7 Å². The molecule has 0 radical (unpaired) electrons. The van der Waals surface area contributed by atoms with Gasteiger partial charge in [-0.05, 0) is 6.42 Å². The largest absolute Gasteiger partial charge is 0.790 e. The molecule has 0 heterocycles. The van der Waals surface area contributed by atoms with Gasteiger partial charge in [0.15, 0.2) is 0 Å². The number of carbonyl (C=O) groups excluding carboxylic acids is 1. The van der Waals surface area contributed by atoms with E-state index in [1.54, 1.807) is 0 Å². The highest BCUT2D eigenvalue weighted by Crippen LogP contribution is 2.24. The predicted octanol–water partition coefficient (Wildman–Crippen LogP) is 1.66. The predicted molar refractivity (Wildman–Crippen MR) is 82.4 cm³/mol. The first-order valence-corrected chi connectivity index (χ1v) is 9.81. The lowest BCUT2D eigenvalue weighted by Gasteiger charge is -2.29. The normalized spacial score (nSPS) is 13.0. The second-order valence-electron chi connectivity index (χ2n) is 5.66. The molecule has 0 aliphatic carbocycles. The minimum atomic E-state index is -5.11. The summed E-state index contributed by atoms with van der Waals surface area (Å²) >= 11 is 0. The van der Waals surface area contributed by atoms with Crippen LogP contribution in [-0.4, -0.2) is 30.4 Å². The molecule has 0 aromatic carbocycles. The summed E-state index contributed by atoms with van der Waals surface area (Å²) in [5, 5.41) is 9.29. The van der Waals surface area contributed by atoms with Gasteiger partial charge in [0.2, 0.25) is 0 Å². The molecule has 0 unspecified atom stereocenters. The fourth-order valence-corrected chi connectivity index (χ4v) is 2.42. The number of hydrogen-bond acceptors (Lipinski definition) is 7. The number of phosphoric ester groups is 1. The van der Waals surface area contributed by atoms with Crippen LogP contribution in [-0.2, 0) is 18.6 Å². The fourth-order valence-electron chi connectivity index (χ4n) is 2.07. The van der Waals surface area contributed by atoms with Gasteiger partial charge in [-0.15, -0.1) is 0 Å². The monoisotopic (exact) mass is 352 g/mol. The van der Waals surface area contributed by atoms with E-state index in [0.29, 0.717) is 0 Å². The van der Waals surface area contributed by atoms with Crippen LogP contribution in [0.15, 0.2) is 0 Å². The lowest BCUT2D eigenvalue weighted by molar-refractivity contribution is -0.342. The maximum absolute atomic E-state index is 11.4. The van der Waals surface area contributed by atoms with Crippen LogP contribution in [0.1, 0.15) is 71.1 Å². The summed E-state index contributed by atoms with van der Waals surface area (Å²) in [5.41, 5.74) is 0. The quantitative estimate of drug-likeness (QED) is 0.270. The van der Waals surface area contributed by atoms with Gasteiger partial charge >= 0.3 is 5.97 Å². The second-order valence-corrected chi connectivity index (χ2v) is 6.81. The molecular weight excluding hydrogens is 323 g/mol. The number of aliphatic hydroxyl groups excluding tert-OH is 1. The third kappa shape index (κ3) is 17.7.